The van der Waals surface area contributed by atoms with Gasteiger partial charge in [0.15, 0.2) is 0 Å². The molecule has 1 aromatic heterocycles. The maximum Gasteiger partial charge on any atom is 0.122 e. The summed E-state index contributed by atoms with van der Waals surface area (Å²) in [5.74, 6) is 1.37. The van der Waals surface area contributed by atoms with Crippen molar-refractivity contribution in [3.63, 3.8) is 0 Å². The molecule has 2 heterocycles. The van der Waals surface area contributed by atoms with Gasteiger partial charge in [-0.25, -0.2) is 0 Å². The molecule has 2 aromatic rings. The van der Waals surface area contributed by atoms with Crippen molar-refractivity contribution < 1.29 is 9.84 Å². The molecule has 0 amide bonds. The highest BCUT2D eigenvalue weighted by atomic mass is 32.1. The second kappa shape index (κ2) is 5.35. The summed E-state index contributed by atoms with van der Waals surface area (Å²) in [5.41, 5.74) is 1.24. The van der Waals surface area contributed by atoms with E-state index in [4.69, 9.17) is 4.74 Å². The predicted octanol–water partition coefficient (Wildman–Crippen LogP) is 4.05. The van der Waals surface area contributed by atoms with Crippen molar-refractivity contribution in [1.82, 2.24) is 0 Å². The zero-order valence-corrected chi connectivity index (χ0v) is 11.8. The van der Waals surface area contributed by atoms with Gasteiger partial charge in [0.2, 0.25) is 0 Å². The molecule has 0 saturated heterocycles. The molecule has 2 nitrogen and oxygen atoms in total. The fraction of sp³-hybridized carbons (Fsp3) is 0.375. The van der Waals surface area contributed by atoms with E-state index in [1.165, 1.54) is 10.4 Å². The maximum absolute atomic E-state index is 10.4. The summed E-state index contributed by atoms with van der Waals surface area (Å²) in [7, 11) is 0. The average Bonchev–Trinajstić information content (AvgIpc) is 2.86. The highest BCUT2D eigenvalue weighted by molar-refractivity contribution is 7.12. The summed E-state index contributed by atoms with van der Waals surface area (Å²) >= 11 is 1.68. The Hall–Kier alpha value is -1.32. The van der Waals surface area contributed by atoms with Crippen molar-refractivity contribution in [2.45, 2.75) is 31.8 Å². The van der Waals surface area contributed by atoms with Crippen molar-refractivity contribution >= 4 is 11.3 Å². The molecule has 2 unspecified atom stereocenters. The molecular weight excluding hydrogens is 256 g/mol. The lowest BCUT2D eigenvalue weighted by molar-refractivity contribution is 0.148. The minimum atomic E-state index is -0.366. The lowest BCUT2D eigenvalue weighted by Gasteiger charge is -2.27. The largest absolute Gasteiger partial charge is 0.493 e. The van der Waals surface area contributed by atoms with Crippen LogP contribution >= 0.6 is 11.3 Å². The van der Waals surface area contributed by atoms with Crippen LogP contribution in [-0.2, 0) is 0 Å². The summed E-state index contributed by atoms with van der Waals surface area (Å²) in [5, 5.41) is 10.4. The van der Waals surface area contributed by atoms with E-state index >= 15 is 0 Å². The van der Waals surface area contributed by atoms with E-state index in [1.807, 2.05) is 24.3 Å². The normalized spacial score (nSPS) is 19.6. The molecule has 3 heteroatoms. The molecule has 0 spiro atoms. The van der Waals surface area contributed by atoms with E-state index in [-0.39, 0.29) is 6.10 Å². The Morgan fingerprint density at radius 1 is 1.32 bits per heavy atom. The SMILES string of the molecule is Cc1ccc(C(O)CC2CCOc3ccccc32)s1. The first-order valence-corrected chi connectivity index (χ1v) is 7.52. The van der Waals surface area contributed by atoms with Gasteiger partial charge >= 0.3 is 0 Å². The third kappa shape index (κ3) is 2.67. The number of ether oxygens (including phenoxy) is 1. The summed E-state index contributed by atoms with van der Waals surface area (Å²) in [6.45, 7) is 2.82. The monoisotopic (exact) mass is 274 g/mol. The number of thiophene rings is 1. The van der Waals surface area contributed by atoms with E-state index in [0.29, 0.717) is 5.92 Å². The second-order valence-corrected chi connectivity index (χ2v) is 6.39. The summed E-state index contributed by atoms with van der Waals surface area (Å²) in [4.78, 5) is 2.32. The topological polar surface area (TPSA) is 29.5 Å². The molecule has 3 rings (SSSR count). The van der Waals surface area contributed by atoms with Crippen LogP contribution in [0.4, 0.5) is 0 Å². The first-order valence-electron chi connectivity index (χ1n) is 6.70. The Balaban J connectivity index is 1.77. The Morgan fingerprint density at radius 2 is 2.16 bits per heavy atom. The molecule has 1 aliphatic heterocycles. The van der Waals surface area contributed by atoms with Crippen LogP contribution in [0.25, 0.3) is 0 Å². The quantitative estimate of drug-likeness (QED) is 0.915. The molecule has 0 bridgehead atoms. The van der Waals surface area contributed by atoms with Crippen molar-refractivity contribution in [1.29, 1.82) is 0 Å². The lowest BCUT2D eigenvalue weighted by atomic mass is 9.88. The van der Waals surface area contributed by atoms with E-state index in [9.17, 15) is 5.11 Å². The van der Waals surface area contributed by atoms with Gasteiger partial charge in [-0.05, 0) is 49.4 Å². The van der Waals surface area contributed by atoms with Crippen LogP contribution < -0.4 is 4.74 Å². The molecule has 1 N–H and O–H groups in total. The van der Waals surface area contributed by atoms with Crippen LogP contribution in [-0.4, -0.2) is 11.7 Å². The van der Waals surface area contributed by atoms with Gasteiger partial charge in [-0.2, -0.15) is 0 Å². The molecule has 100 valence electrons. The molecule has 0 radical (unpaired) electrons. The second-order valence-electron chi connectivity index (χ2n) is 5.07. The third-order valence-corrected chi connectivity index (χ3v) is 4.78. The molecule has 0 aliphatic carbocycles. The highest BCUT2D eigenvalue weighted by Gasteiger charge is 2.24. The Labute approximate surface area is 117 Å². The third-order valence-electron chi connectivity index (χ3n) is 3.68. The number of benzene rings is 1. The maximum atomic E-state index is 10.4. The van der Waals surface area contributed by atoms with Crippen LogP contribution in [0.3, 0.4) is 0 Å². The Bertz CT molecular complexity index is 561. The molecule has 0 saturated carbocycles. The number of fused-ring (bicyclic) bond motifs is 1. The molecule has 1 aromatic carbocycles. The predicted molar refractivity (Wildman–Crippen MR) is 77.9 cm³/mol. The number of para-hydroxylation sites is 1. The zero-order chi connectivity index (χ0) is 13.2. The molecule has 0 fully saturated rings. The molecule has 19 heavy (non-hydrogen) atoms. The van der Waals surface area contributed by atoms with Crippen LogP contribution in [0.1, 0.15) is 40.2 Å². The first kappa shape index (κ1) is 12.7. The number of hydrogen-bond acceptors (Lipinski definition) is 3. The van der Waals surface area contributed by atoms with Crippen LogP contribution in [0.2, 0.25) is 0 Å². The van der Waals surface area contributed by atoms with E-state index in [1.54, 1.807) is 11.3 Å². The Kier molecular flexibility index (Phi) is 3.58. The van der Waals surface area contributed by atoms with Crippen molar-refractivity contribution in [2.24, 2.45) is 0 Å². The summed E-state index contributed by atoms with van der Waals surface area (Å²) < 4.78 is 5.67. The lowest BCUT2D eigenvalue weighted by Crippen LogP contribution is -2.16. The number of aliphatic hydroxyl groups excluding tert-OH is 1. The van der Waals surface area contributed by atoms with Gasteiger partial charge < -0.3 is 9.84 Å². The number of rotatable bonds is 3. The first-order chi connectivity index (χ1) is 9.24. The van der Waals surface area contributed by atoms with Gasteiger partial charge in [-0.3, -0.25) is 0 Å². The highest BCUT2D eigenvalue weighted by Crippen LogP contribution is 2.39. The fourth-order valence-electron chi connectivity index (χ4n) is 2.68. The van der Waals surface area contributed by atoms with E-state index in [0.717, 1.165) is 30.1 Å². The molecule has 2 atom stereocenters. The van der Waals surface area contributed by atoms with E-state index in [2.05, 4.69) is 19.1 Å². The van der Waals surface area contributed by atoms with Gasteiger partial charge in [0.05, 0.1) is 12.7 Å². The van der Waals surface area contributed by atoms with Crippen molar-refractivity contribution in [3.05, 3.63) is 51.7 Å². The summed E-state index contributed by atoms with van der Waals surface area (Å²) in [6, 6.07) is 12.3. The summed E-state index contributed by atoms with van der Waals surface area (Å²) in [6.07, 6.45) is 1.40. The fourth-order valence-corrected chi connectivity index (χ4v) is 3.56. The van der Waals surface area contributed by atoms with Crippen molar-refractivity contribution in [2.75, 3.05) is 6.61 Å². The van der Waals surface area contributed by atoms with Gasteiger partial charge in [0.1, 0.15) is 5.75 Å². The van der Waals surface area contributed by atoms with Gasteiger partial charge in [0.25, 0.3) is 0 Å². The van der Waals surface area contributed by atoms with Gasteiger partial charge in [0, 0.05) is 9.75 Å². The minimum Gasteiger partial charge on any atom is -0.493 e. The Morgan fingerprint density at radius 3 is 2.95 bits per heavy atom. The number of aliphatic hydroxyl groups is 1. The van der Waals surface area contributed by atoms with E-state index < -0.39 is 0 Å². The number of hydrogen-bond donors (Lipinski definition) is 1. The zero-order valence-electron chi connectivity index (χ0n) is 11.0. The number of aryl methyl sites for hydroxylation is 1. The van der Waals surface area contributed by atoms with Crippen molar-refractivity contribution in [3.8, 4) is 5.75 Å². The van der Waals surface area contributed by atoms with Gasteiger partial charge in [-0.15, -0.1) is 11.3 Å². The standard InChI is InChI=1S/C16H18O2S/c1-11-6-7-16(19-11)14(17)10-12-8-9-18-15-5-3-2-4-13(12)15/h2-7,12,14,17H,8-10H2,1H3. The molecular formula is C16H18O2S. The van der Waals surface area contributed by atoms with Crippen LogP contribution in [0.5, 0.6) is 5.75 Å². The van der Waals surface area contributed by atoms with Crippen LogP contribution in [0, 0.1) is 6.92 Å². The average molecular weight is 274 g/mol. The molecule has 1 aliphatic rings. The minimum absolute atomic E-state index is 0.366. The van der Waals surface area contributed by atoms with Gasteiger partial charge in [-0.1, -0.05) is 18.2 Å². The smallest absolute Gasteiger partial charge is 0.122 e. The van der Waals surface area contributed by atoms with Crippen LogP contribution in [0.15, 0.2) is 36.4 Å².